The Morgan fingerprint density at radius 3 is 2.35 bits per heavy atom. The van der Waals surface area contributed by atoms with E-state index >= 15 is 0 Å². The summed E-state index contributed by atoms with van der Waals surface area (Å²) in [5.74, 6) is -0.501. The highest BCUT2D eigenvalue weighted by molar-refractivity contribution is 9.10. The Labute approximate surface area is 148 Å². The number of benzene rings is 2. The summed E-state index contributed by atoms with van der Waals surface area (Å²) in [4.78, 5) is 12.2. The molecule has 0 aromatic heterocycles. The molecule has 0 spiro atoms. The van der Waals surface area contributed by atoms with Crippen LogP contribution in [0.4, 0.5) is 5.69 Å². The summed E-state index contributed by atoms with van der Waals surface area (Å²) in [5.41, 5.74) is 0.425. The fraction of sp³-hybridized carbons (Fsp3) is 0.133. The average molecular weight is 418 g/mol. The van der Waals surface area contributed by atoms with Crippen LogP contribution in [0.1, 0.15) is 6.92 Å². The highest BCUT2D eigenvalue weighted by Gasteiger charge is 2.22. The number of rotatable bonds is 5. The highest BCUT2D eigenvalue weighted by atomic mass is 79.9. The van der Waals surface area contributed by atoms with Crippen LogP contribution in [0, 0.1) is 0 Å². The Morgan fingerprint density at radius 2 is 1.74 bits per heavy atom. The van der Waals surface area contributed by atoms with Gasteiger partial charge in [-0.05, 0) is 43.3 Å². The molecule has 1 amide bonds. The molecule has 2 aromatic carbocycles. The molecule has 5 nitrogen and oxygen atoms in total. The second-order valence-corrected chi connectivity index (χ2v) is 7.80. The molecular formula is C15H14BrClN2O3S. The third kappa shape index (κ3) is 4.78. The van der Waals surface area contributed by atoms with E-state index in [9.17, 15) is 13.2 Å². The lowest BCUT2D eigenvalue weighted by molar-refractivity contribution is -0.117. The molecule has 0 aliphatic carbocycles. The van der Waals surface area contributed by atoms with Gasteiger partial charge in [-0.2, -0.15) is 4.72 Å². The molecule has 1 atom stereocenters. The molecule has 0 bridgehead atoms. The Bertz CT molecular complexity index is 810. The normalized spacial score (nSPS) is 12.7. The summed E-state index contributed by atoms with van der Waals surface area (Å²) in [7, 11) is -3.79. The van der Waals surface area contributed by atoms with Crippen LogP contribution in [0.25, 0.3) is 0 Å². The van der Waals surface area contributed by atoms with Crippen molar-refractivity contribution in [1.29, 1.82) is 0 Å². The van der Waals surface area contributed by atoms with E-state index in [-0.39, 0.29) is 4.90 Å². The van der Waals surface area contributed by atoms with E-state index in [0.717, 1.165) is 4.47 Å². The molecule has 0 heterocycles. The molecule has 8 heteroatoms. The van der Waals surface area contributed by atoms with Gasteiger partial charge in [0.05, 0.1) is 21.6 Å². The number of hydrogen-bond acceptors (Lipinski definition) is 3. The van der Waals surface area contributed by atoms with Gasteiger partial charge in [-0.1, -0.05) is 39.7 Å². The monoisotopic (exact) mass is 416 g/mol. The fourth-order valence-electron chi connectivity index (χ4n) is 1.77. The average Bonchev–Trinajstić information content (AvgIpc) is 2.49. The molecule has 0 aliphatic heterocycles. The van der Waals surface area contributed by atoms with Crippen molar-refractivity contribution < 1.29 is 13.2 Å². The van der Waals surface area contributed by atoms with Gasteiger partial charge in [0, 0.05) is 4.47 Å². The summed E-state index contributed by atoms with van der Waals surface area (Å²) in [6.45, 7) is 1.46. The largest absolute Gasteiger partial charge is 0.323 e. The second-order valence-electron chi connectivity index (χ2n) is 4.77. The molecule has 2 rings (SSSR count). The zero-order valence-electron chi connectivity index (χ0n) is 12.1. The predicted molar refractivity (Wildman–Crippen MR) is 94.0 cm³/mol. The maximum atomic E-state index is 12.2. The topological polar surface area (TPSA) is 75.3 Å². The smallest absolute Gasteiger partial charge is 0.242 e. The third-order valence-corrected chi connectivity index (χ3v) is 5.40. The van der Waals surface area contributed by atoms with Crippen LogP contribution in [-0.2, 0) is 14.8 Å². The first-order valence-electron chi connectivity index (χ1n) is 6.63. The molecule has 0 aliphatic rings. The van der Waals surface area contributed by atoms with E-state index in [0.29, 0.717) is 10.7 Å². The SMILES string of the molecule is C[C@@H](NS(=O)(=O)c1ccc(Br)cc1)C(=O)Nc1ccccc1Cl. The zero-order valence-corrected chi connectivity index (χ0v) is 15.2. The van der Waals surface area contributed by atoms with E-state index < -0.39 is 22.0 Å². The number of amides is 1. The van der Waals surface area contributed by atoms with Crippen molar-refractivity contribution in [1.82, 2.24) is 4.72 Å². The van der Waals surface area contributed by atoms with Gasteiger partial charge in [0.15, 0.2) is 0 Å². The Kier molecular flexibility index (Phi) is 5.80. The minimum Gasteiger partial charge on any atom is -0.323 e. The minimum absolute atomic E-state index is 0.0816. The van der Waals surface area contributed by atoms with Crippen molar-refractivity contribution in [3.05, 3.63) is 58.0 Å². The highest BCUT2D eigenvalue weighted by Crippen LogP contribution is 2.20. The van der Waals surface area contributed by atoms with Crippen LogP contribution < -0.4 is 10.0 Å². The molecule has 0 saturated carbocycles. The number of carbonyl (C=O) groups is 1. The van der Waals surface area contributed by atoms with Crippen molar-refractivity contribution in [2.45, 2.75) is 17.9 Å². The first-order chi connectivity index (χ1) is 10.8. The van der Waals surface area contributed by atoms with Crippen molar-refractivity contribution in [2.75, 3.05) is 5.32 Å². The first-order valence-corrected chi connectivity index (χ1v) is 9.28. The predicted octanol–water partition coefficient (Wildman–Crippen LogP) is 3.41. The van der Waals surface area contributed by atoms with Crippen LogP contribution in [0.3, 0.4) is 0 Å². The van der Waals surface area contributed by atoms with Crippen molar-refractivity contribution in [3.63, 3.8) is 0 Å². The van der Waals surface area contributed by atoms with Crippen LogP contribution >= 0.6 is 27.5 Å². The first kappa shape index (κ1) is 17.9. The number of para-hydroxylation sites is 1. The van der Waals surface area contributed by atoms with Gasteiger partial charge >= 0.3 is 0 Å². The molecular weight excluding hydrogens is 404 g/mol. The van der Waals surface area contributed by atoms with Gasteiger partial charge in [0.25, 0.3) is 0 Å². The van der Waals surface area contributed by atoms with Crippen LogP contribution in [-0.4, -0.2) is 20.4 Å². The maximum absolute atomic E-state index is 12.2. The number of carbonyl (C=O) groups excluding carboxylic acids is 1. The van der Waals surface area contributed by atoms with Crippen LogP contribution in [0.15, 0.2) is 57.9 Å². The number of halogens is 2. The lowest BCUT2D eigenvalue weighted by atomic mass is 10.3. The molecule has 0 unspecified atom stereocenters. The summed E-state index contributed by atoms with van der Waals surface area (Å²) < 4.78 is 27.6. The van der Waals surface area contributed by atoms with Gasteiger partial charge in [0.1, 0.15) is 0 Å². The van der Waals surface area contributed by atoms with E-state index in [4.69, 9.17) is 11.6 Å². The molecule has 0 saturated heterocycles. The lowest BCUT2D eigenvalue weighted by Crippen LogP contribution is -2.41. The van der Waals surface area contributed by atoms with E-state index in [1.54, 1.807) is 36.4 Å². The Hall–Kier alpha value is -1.41. The van der Waals surface area contributed by atoms with Crippen molar-refractivity contribution >= 4 is 49.1 Å². The maximum Gasteiger partial charge on any atom is 0.242 e. The van der Waals surface area contributed by atoms with Gasteiger partial charge in [-0.15, -0.1) is 0 Å². The molecule has 0 fully saturated rings. The van der Waals surface area contributed by atoms with Crippen molar-refractivity contribution in [2.24, 2.45) is 0 Å². The molecule has 122 valence electrons. The van der Waals surface area contributed by atoms with Crippen LogP contribution in [0.5, 0.6) is 0 Å². The standard InChI is InChI=1S/C15H14BrClN2O3S/c1-10(15(20)18-14-5-3-2-4-13(14)17)19-23(21,22)12-8-6-11(16)7-9-12/h2-10,19H,1H3,(H,18,20)/t10-/m1/s1. The second kappa shape index (κ2) is 7.44. The molecule has 23 heavy (non-hydrogen) atoms. The summed E-state index contributed by atoms with van der Waals surface area (Å²) in [5, 5.41) is 2.97. The molecule has 2 N–H and O–H groups in total. The summed E-state index contributed by atoms with van der Waals surface area (Å²) >= 11 is 9.20. The third-order valence-electron chi connectivity index (χ3n) is 2.98. The van der Waals surface area contributed by atoms with Gasteiger partial charge in [-0.3, -0.25) is 4.79 Å². The number of anilines is 1. The van der Waals surface area contributed by atoms with Crippen LogP contribution in [0.2, 0.25) is 5.02 Å². The van der Waals surface area contributed by atoms with E-state index in [1.165, 1.54) is 19.1 Å². The number of nitrogens with one attached hydrogen (secondary N) is 2. The Morgan fingerprint density at radius 1 is 1.13 bits per heavy atom. The van der Waals surface area contributed by atoms with Gasteiger partial charge in [0.2, 0.25) is 15.9 Å². The fourth-order valence-corrected chi connectivity index (χ4v) is 3.42. The summed E-state index contributed by atoms with van der Waals surface area (Å²) in [6, 6.07) is 11.9. The molecule has 0 radical (unpaired) electrons. The number of sulfonamides is 1. The number of hydrogen-bond donors (Lipinski definition) is 2. The zero-order chi connectivity index (χ0) is 17.0. The minimum atomic E-state index is -3.79. The quantitative estimate of drug-likeness (QED) is 0.783. The Balaban J connectivity index is 2.08. The lowest BCUT2D eigenvalue weighted by Gasteiger charge is -2.15. The van der Waals surface area contributed by atoms with Gasteiger partial charge < -0.3 is 5.32 Å². The van der Waals surface area contributed by atoms with E-state index in [1.807, 2.05) is 0 Å². The summed E-state index contributed by atoms with van der Waals surface area (Å²) in [6.07, 6.45) is 0. The molecule has 2 aromatic rings. The van der Waals surface area contributed by atoms with E-state index in [2.05, 4.69) is 26.0 Å². The van der Waals surface area contributed by atoms with Crippen molar-refractivity contribution in [3.8, 4) is 0 Å². The van der Waals surface area contributed by atoms with Gasteiger partial charge in [-0.25, -0.2) is 8.42 Å².